The van der Waals surface area contributed by atoms with Crippen LogP contribution in [0.25, 0.3) is 0 Å². The highest BCUT2D eigenvalue weighted by Crippen LogP contribution is 2.42. The lowest BCUT2D eigenvalue weighted by molar-refractivity contribution is -0.122. The van der Waals surface area contributed by atoms with Crippen LogP contribution in [0.15, 0.2) is 30.5 Å². The lowest BCUT2D eigenvalue weighted by atomic mass is 9.65. The van der Waals surface area contributed by atoms with E-state index in [2.05, 4.69) is 15.4 Å². The van der Waals surface area contributed by atoms with Crippen LogP contribution in [0.1, 0.15) is 43.5 Å². The van der Waals surface area contributed by atoms with Crippen LogP contribution in [0.5, 0.6) is 0 Å². The first-order valence-electron chi connectivity index (χ1n) is 9.61. The molecule has 1 amide bonds. The van der Waals surface area contributed by atoms with Gasteiger partial charge in [-0.05, 0) is 56.6 Å². The maximum absolute atomic E-state index is 12.9. The first-order valence-corrected chi connectivity index (χ1v) is 9.61. The molecule has 2 aliphatic carbocycles. The molecular formula is C20H29Cl2N5O. The molecule has 28 heavy (non-hydrogen) atoms. The Morgan fingerprint density at radius 2 is 1.96 bits per heavy atom. The normalized spacial score (nSPS) is 25.9. The van der Waals surface area contributed by atoms with Gasteiger partial charge in [0.25, 0.3) is 0 Å². The van der Waals surface area contributed by atoms with E-state index in [4.69, 9.17) is 5.73 Å². The Morgan fingerprint density at radius 1 is 1.25 bits per heavy atom. The Labute approximate surface area is 178 Å². The van der Waals surface area contributed by atoms with Gasteiger partial charge in [-0.3, -0.25) is 9.78 Å². The first-order chi connectivity index (χ1) is 12.6. The van der Waals surface area contributed by atoms with Gasteiger partial charge in [-0.1, -0.05) is 12.5 Å². The third kappa shape index (κ3) is 4.85. The number of nitrogens with zero attached hydrogens (tertiary/aromatic N) is 3. The SMILES string of the molecule is Cc1cc(NC(=O)C2CC3CCCC(C2)C3N)n(Cc2ccccn2)n1.Cl.Cl. The predicted molar refractivity (Wildman–Crippen MR) is 115 cm³/mol. The van der Waals surface area contributed by atoms with Crippen molar-refractivity contribution >= 4 is 36.5 Å². The molecule has 2 heterocycles. The van der Waals surface area contributed by atoms with Gasteiger partial charge in [0.15, 0.2) is 0 Å². The van der Waals surface area contributed by atoms with Gasteiger partial charge < -0.3 is 11.1 Å². The Morgan fingerprint density at radius 3 is 2.61 bits per heavy atom. The molecule has 2 bridgehead atoms. The summed E-state index contributed by atoms with van der Waals surface area (Å²) in [5.41, 5.74) is 8.17. The summed E-state index contributed by atoms with van der Waals surface area (Å²) in [6, 6.07) is 8.03. The number of nitrogens with two attached hydrogens (primary N) is 1. The molecule has 3 N–H and O–H groups in total. The molecular weight excluding hydrogens is 397 g/mol. The number of hydrogen-bond acceptors (Lipinski definition) is 4. The largest absolute Gasteiger partial charge is 0.327 e. The van der Waals surface area contributed by atoms with Crippen LogP contribution >= 0.6 is 24.8 Å². The topological polar surface area (TPSA) is 85.8 Å². The average molecular weight is 426 g/mol. The van der Waals surface area contributed by atoms with E-state index in [1.165, 1.54) is 6.42 Å². The number of pyridine rings is 1. The summed E-state index contributed by atoms with van der Waals surface area (Å²) in [5, 5.41) is 7.63. The number of carbonyl (C=O) groups is 1. The molecule has 2 saturated carbocycles. The number of anilines is 1. The predicted octanol–water partition coefficient (Wildman–Crippen LogP) is 3.57. The van der Waals surface area contributed by atoms with Crippen LogP contribution in [0.3, 0.4) is 0 Å². The number of hydrogen-bond donors (Lipinski definition) is 2. The van der Waals surface area contributed by atoms with Crippen LogP contribution in [0.2, 0.25) is 0 Å². The fraction of sp³-hybridized carbons (Fsp3) is 0.550. The molecule has 2 aliphatic rings. The minimum absolute atomic E-state index is 0. The van der Waals surface area contributed by atoms with Crippen molar-refractivity contribution in [2.24, 2.45) is 23.5 Å². The summed E-state index contributed by atoms with van der Waals surface area (Å²) in [4.78, 5) is 17.3. The Kier molecular flexibility index (Phi) is 7.87. The van der Waals surface area contributed by atoms with Gasteiger partial charge in [-0.15, -0.1) is 24.8 Å². The maximum Gasteiger partial charge on any atom is 0.228 e. The summed E-state index contributed by atoms with van der Waals surface area (Å²) in [7, 11) is 0. The highest BCUT2D eigenvalue weighted by Gasteiger charge is 2.40. The number of aromatic nitrogens is 3. The standard InChI is InChI=1S/C20H27N5O.2ClH/c1-13-9-18(25(24-13)12-17-7-2-3-8-22-17)23-20(26)16-10-14-5-4-6-15(11-16)19(14)21;;/h2-3,7-9,14-16,19H,4-6,10-12,21H2,1H3,(H,23,26);2*1H. The molecule has 0 aliphatic heterocycles. The molecule has 6 nitrogen and oxygen atoms in total. The molecule has 0 saturated heterocycles. The van der Waals surface area contributed by atoms with Crippen LogP contribution < -0.4 is 11.1 Å². The van der Waals surface area contributed by atoms with Crippen molar-refractivity contribution in [3.05, 3.63) is 41.9 Å². The molecule has 0 radical (unpaired) electrons. The zero-order chi connectivity index (χ0) is 18.1. The number of nitrogens with one attached hydrogen (secondary N) is 1. The summed E-state index contributed by atoms with van der Waals surface area (Å²) < 4.78 is 1.82. The van der Waals surface area contributed by atoms with E-state index in [-0.39, 0.29) is 42.7 Å². The van der Waals surface area contributed by atoms with Crippen LogP contribution in [-0.2, 0) is 11.3 Å². The third-order valence-corrected chi connectivity index (χ3v) is 5.98. The monoisotopic (exact) mass is 425 g/mol. The quantitative estimate of drug-likeness (QED) is 0.783. The summed E-state index contributed by atoms with van der Waals surface area (Å²) in [5.74, 6) is 1.91. The summed E-state index contributed by atoms with van der Waals surface area (Å²) in [6.07, 6.45) is 7.19. The molecule has 0 aromatic carbocycles. The summed E-state index contributed by atoms with van der Waals surface area (Å²) in [6.45, 7) is 2.49. The van der Waals surface area contributed by atoms with Gasteiger partial charge in [0, 0.05) is 24.2 Å². The molecule has 0 spiro atoms. The van der Waals surface area contributed by atoms with Crippen molar-refractivity contribution in [1.29, 1.82) is 0 Å². The molecule has 8 heteroatoms. The molecule has 2 fully saturated rings. The van der Waals surface area contributed by atoms with E-state index in [1.807, 2.05) is 35.9 Å². The highest BCUT2D eigenvalue weighted by atomic mass is 35.5. The maximum atomic E-state index is 12.9. The molecule has 2 unspecified atom stereocenters. The van der Waals surface area contributed by atoms with Crippen molar-refractivity contribution < 1.29 is 4.79 Å². The van der Waals surface area contributed by atoms with E-state index >= 15 is 0 Å². The minimum atomic E-state index is 0. The number of fused-ring (bicyclic) bond motifs is 2. The molecule has 154 valence electrons. The van der Waals surface area contributed by atoms with Crippen molar-refractivity contribution in [1.82, 2.24) is 14.8 Å². The van der Waals surface area contributed by atoms with Crippen molar-refractivity contribution in [2.75, 3.05) is 5.32 Å². The van der Waals surface area contributed by atoms with Gasteiger partial charge >= 0.3 is 0 Å². The smallest absolute Gasteiger partial charge is 0.228 e. The zero-order valence-corrected chi connectivity index (χ0v) is 17.7. The molecule has 4 rings (SSSR count). The highest BCUT2D eigenvalue weighted by molar-refractivity contribution is 5.92. The van der Waals surface area contributed by atoms with E-state index in [0.717, 1.165) is 42.9 Å². The van der Waals surface area contributed by atoms with Crippen LogP contribution in [0.4, 0.5) is 5.82 Å². The third-order valence-electron chi connectivity index (χ3n) is 5.98. The van der Waals surface area contributed by atoms with Crippen LogP contribution in [-0.4, -0.2) is 26.7 Å². The van der Waals surface area contributed by atoms with E-state index in [0.29, 0.717) is 18.4 Å². The number of carbonyl (C=O) groups excluding carboxylic acids is 1. The zero-order valence-electron chi connectivity index (χ0n) is 16.1. The molecule has 2 atom stereocenters. The first kappa shape index (κ1) is 22.7. The number of halogens is 2. The van der Waals surface area contributed by atoms with Crippen LogP contribution in [0, 0.1) is 24.7 Å². The lowest BCUT2D eigenvalue weighted by Gasteiger charge is -2.43. The Bertz CT molecular complexity index is 768. The van der Waals surface area contributed by atoms with Gasteiger partial charge in [-0.25, -0.2) is 4.68 Å². The van der Waals surface area contributed by atoms with Gasteiger partial charge in [0.2, 0.25) is 5.91 Å². The number of aryl methyl sites for hydroxylation is 1. The second-order valence-corrected chi connectivity index (χ2v) is 7.84. The lowest BCUT2D eigenvalue weighted by Crippen LogP contribution is -2.48. The average Bonchev–Trinajstić information content (AvgIpc) is 2.94. The Balaban J connectivity index is 0.00000140. The van der Waals surface area contributed by atoms with Gasteiger partial charge in [0.1, 0.15) is 5.82 Å². The fourth-order valence-electron chi connectivity index (χ4n) is 4.64. The Hall–Kier alpha value is -1.63. The fourth-order valence-corrected chi connectivity index (χ4v) is 4.64. The van der Waals surface area contributed by atoms with Crippen molar-refractivity contribution in [3.8, 4) is 0 Å². The number of amides is 1. The van der Waals surface area contributed by atoms with E-state index in [1.54, 1.807) is 6.20 Å². The van der Waals surface area contributed by atoms with E-state index < -0.39 is 0 Å². The number of rotatable bonds is 4. The second kappa shape index (κ2) is 9.72. The van der Waals surface area contributed by atoms with Crippen molar-refractivity contribution in [3.63, 3.8) is 0 Å². The van der Waals surface area contributed by atoms with E-state index in [9.17, 15) is 4.79 Å². The summed E-state index contributed by atoms with van der Waals surface area (Å²) >= 11 is 0. The van der Waals surface area contributed by atoms with Gasteiger partial charge in [-0.2, -0.15) is 5.10 Å². The minimum Gasteiger partial charge on any atom is -0.327 e. The second-order valence-electron chi connectivity index (χ2n) is 7.84. The van der Waals surface area contributed by atoms with Crippen molar-refractivity contribution in [2.45, 2.75) is 51.6 Å². The van der Waals surface area contributed by atoms with Gasteiger partial charge in [0.05, 0.1) is 17.9 Å². The molecule has 2 aromatic rings. The molecule has 2 aromatic heterocycles.